The van der Waals surface area contributed by atoms with Crippen LogP contribution in [-0.4, -0.2) is 28.7 Å². The van der Waals surface area contributed by atoms with Crippen LogP contribution in [0.15, 0.2) is 67.0 Å². The molecule has 2 aromatic carbocycles. The molecule has 0 aliphatic heterocycles. The van der Waals surface area contributed by atoms with E-state index in [0.29, 0.717) is 17.9 Å². The molecule has 0 unspecified atom stereocenters. The summed E-state index contributed by atoms with van der Waals surface area (Å²) in [6.45, 7) is -0.412. The molecule has 1 heterocycles. The van der Waals surface area contributed by atoms with Crippen LogP contribution in [0.3, 0.4) is 0 Å². The normalized spacial score (nSPS) is 11.5. The van der Waals surface area contributed by atoms with E-state index in [0.717, 1.165) is 5.56 Å². The minimum absolute atomic E-state index is 0.0420. The summed E-state index contributed by atoms with van der Waals surface area (Å²) in [7, 11) is 0. The lowest BCUT2D eigenvalue weighted by atomic mass is 10.1. The summed E-state index contributed by atoms with van der Waals surface area (Å²) in [5.74, 6) is -0.0125. The van der Waals surface area contributed by atoms with Crippen LogP contribution in [-0.2, 0) is 16.1 Å². The molecular formula is C22H20F2N2O3. The highest BCUT2D eigenvalue weighted by molar-refractivity contribution is 6.20. The maximum absolute atomic E-state index is 12.6. The van der Waals surface area contributed by atoms with Crippen molar-refractivity contribution in [3.8, 4) is 5.75 Å². The van der Waals surface area contributed by atoms with Crippen molar-refractivity contribution in [2.24, 2.45) is 0 Å². The average Bonchev–Trinajstić information content (AvgIpc) is 3.15. The van der Waals surface area contributed by atoms with Crippen molar-refractivity contribution < 1.29 is 23.0 Å². The first-order valence-corrected chi connectivity index (χ1v) is 9.06. The molecule has 0 spiro atoms. The van der Waals surface area contributed by atoms with E-state index >= 15 is 0 Å². The second-order valence-electron chi connectivity index (χ2n) is 6.09. The summed E-state index contributed by atoms with van der Waals surface area (Å²) in [5.41, 5.74) is 1.96. The third-order valence-electron chi connectivity index (χ3n) is 4.06. The van der Waals surface area contributed by atoms with Gasteiger partial charge in [0, 0.05) is 18.9 Å². The van der Waals surface area contributed by atoms with E-state index in [2.05, 4.69) is 9.72 Å². The maximum Gasteiger partial charge on any atom is 0.387 e. The fraction of sp³-hybridized carbons (Fsp3) is 0.182. The topological polar surface area (TPSA) is 53.4 Å². The van der Waals surface area contributed by atoms with Crippen molar-refractivity contribution in [3.05, 3.63) is 83.9 Å². The first-order chi connectivity index (χ1) is 14.1. The van der Waals surface area contributed by atoms with E-state index in [1.165, 1.54) is 12.1 Å². The Kier molecular flexibility index (Phi) is 6.73. The molecule has 0 radical (unpaired) electrons. The number of esters is 1. The van der Waals surface area contributed by atoms with Crippen molar-refractivity contribution in [2.45, 2.75) is 20.1 Å². The second kappa shape index (κ2) is 9.64. The van der Waals surface area contributed by atoms with Crippen LogP contribution in [0.4, 0.5) is 8.78 Å². The van der Waals surface area contributed by atoms with E-state index in [-0.39, 0.29) is 17.9 Å². The molecule has 7 heteroatoms. The number of carbonyl (C=O) groups is 1. The molecule has 1 aromatic heterocycles. The van der Waals surface area contributed by atoms with Gasteiger partial charge in [0.15, 0.2) is 0 Å². The summed E-state index contributed by atoms with van der Waals surface area (Å²) in [6.07, 6.45) is 5.02. The van der Waals surface area contributed by atoms with E-state index in [1.54, 1.807) is 37.5 Å². The van der Waals surface area contributed by atoms with Gasteiger partial charge in [-0.3, -0.25) is 0 Å². The van der Waals surface area contributed by atoms with E-state index < -0.39 is 12.6 Å². The molecule has 3 aromatic rings. The average molecular weight is 398 g/mol. The number of hydrogen-bond acceptors (Lipinski definition) is 4. The minimum atomic E-state index is -2.89. The third kappa shape index (κ3) is 5.51. The van der Waals surface area contributed by atoms with Gasteiger partial charge in [0.1, 0.15) is 17.1 Å². The number of nitrogens with zero attached hydrogens (tertiary/aromatic N) is 2. The van der Waals surface area contributed by atoms with Crippen LogP contribution in [0.1, 0.15) is 23.9 Å². The number of imidazole rings is 1. The predicted octanol–water partition coefficient (Wildman–Crippen LogP) is 4.64. The van der Waals surface area contributed by atoms with E-state index in [1.807, 2.05) is 34.9 Å². The first-order valence-electron chi connectivity index (χ1n) is 9.06. The largest absolute Gasteiger partial charge is 0.462 e. The van der Waals surface area contributed by atoms with Crippen LogP contribution in [0.2, 0.25) is 0 Å². The summed E-state index contributed by atoms with van der Waals surface area (Å²) < 4.78 is 36.1. The lowest BCUT2D eigenvalue weighted by Crippen LogP contribution is -2.12. The van der Waals surface area contributed by atoms with Crippen molar-refractivity contribution in [1.29, 1.82) is 0 Å². The Morgan fingerprint density at radius 1 is 1.14 bits per heavy atom. The van der Waals surface area contributed by atoms with Gasteiger partial charge in [-0.05, 0) is 36.3 Å². The third-order valence-corrected chi connectivity index (χ3v) is 4.06. The zero-order valence-corrected chi connectivity index (χ0v) is 15.8. The minimum Gasteiger partial charge on any atom is -0.462 e. The fourth-order valence-electron chi connectivity index (χ4n) is 2.80. The van der Waals surface area contributed by atoms with Crippen LogP contribution in [0, 0.1) is 0 Å². The molecule has 0 amide bonds. The molecule has 0 bridgehead atoms. The smallest absolute Gasteiger partial charge is 0.387 e. The summed E-state index contributed by atoms with van der Waals surface area (Å²) in [6, 6.07) is 15.8. The number of benzene rings is 2. The Morgan fingerprint density at radius 3 is 2.52 bits per heavy atom. The van der Waals surface area contributed by atoms with E-state index in [9.17, 15) is 13.6 Å². The molecule has 0 aliphatic carbocycles. The van der Waals surface area contributed by atoms with Crippen LogP contribution < -0.4 is 4.74 Å². The van der Waals surface area contributed by atoms with Crippen LogP contribution in [0.25, 0.3) is 11.6 Å². The molecule has 0 fully saturated rings. The SMILES string of the molecule is CCOC(=O)/C(=C/c1ccc(OC(F)F)cc1)c1nccn1Cc1ccccc1. The number of alkyl halides is 2. The quantitative estimate of drug-likeness (QED) is 0.410. The van der Waals surface area contributed by atoms with Crippen molar-refractivity contribution in [2.75, 3.05) is 6.61 Å². The number of hydrogen-bond donors (Lipinski definition) is 0. The van der Waals surface area contributed by atoms with Gasteiger partial charge in [0.2, 0.25) is 0 Å². The molecule has 0 atom stereocenters. The lowest BCUT2D eigenvalue weighted by Gasteiger charge is -2.11. The molecule has 150 valence electrons. The van der Waals surface area contributed by atoms with Gasteiger partial charge < -0.3 is 14.0 Å². The Bertz CT molecular complexity index is 967. The maximum atomic E-state index is 12.6. The Hall–Kier alpha value is -3.48. The Morgan fingerprint density at radius 2 is 1.86 bits per heavy atom. The van der Waals surface area contributed by atoms with Gasteiger partial charge in [-0.25, -0.2) is 9.78 Å². The van der Waals surface area contributed by atoms with Gasteiger partial charge in [0.05, 0.1) is 6.61 Å². The van der Waals surface area contributed by atoms with Gasteiger partial charge in [-0.15, -0.1) is 0 Å². The fourth-order valence-corrected chi connectivity index (χ4v) is 2.80. The Balaban J connectivity index is 1.93. The molecule has 0 N–H and O–H groups in total. The van der Waals surface area contributed by atoms with Gasteiger partial charge >= 0.3 is 12.6 Å². The highest BCUT2D eigenvalue weighted by atomic mass is 19.3. The number of aromatic nitrogens is 2. The highest BCUT2D eigenvalue weighted by Gasteiger charge is 2.19. The van der Waals surface area contributed by atoms with Crippen molar-refractivity contribution >= 4 is 17.6 Å². The van der Waals surface area contributed by atoms with Crippen LogP contribution >= 0.6 is 0 Å². The monoisotopic (exact) mass is 398 g/mol. The standard InChI is InChI=1S/C22H20F2N2O3/c1-2-28-21(27)19(14-16-8-10-18(11-9-16)29-22(23)24)20-25-12-13-26(20)15-17-6-4-3-5-7-17/h3-14,22H,2,15H2,1H3/b19-14+. The Labute approximate surface area is 167 Å². The number of ether oxygens (including phenoxy) is 2. The highest BCUT2D eigenvalue weighted by Crippen LogP contribution is 2.22. The molecular weight excluding hydrogens is 378 g/mol. The predicted molar refractivity (Wildman–Crippen MR) is 105 cm³/mol. The zero-order valence-electron chi connectivity index (χ0n) is 15.8. The molecule has 29 heavy (non-hydrogen) atoms. The van der Waals surface area contributed by atoms with Crippen molar-refractivity contribution in [1.82, 2.24) is 9.55 Å². The summed E-state index contributed by atoms with van der Waals surface area (Å²) in [4.78, 5) is 16.9. The molecule has 0 saturated heterocycles. The zero-order chi connectivity index (χ0) is 20.6. The summed E-state index contributed by atoms with van der Waals surface area (Å²) in [5, 5.41) is 0. The molecule has 3 rings (SSSR count). The van der Waals surface area contributed by atoms with Gasteiger partial charge in [0.25, 0.3) is 0 Å². The van der Waals surface area contributed by atoms with Crippen molar-refractivity contribution in [3.63, 3.8) is 0 Å². The first kappa shape index (κ1) is 20.3. The van der Waals surface area contributed by atoms with Gasteiger partial charge in [-0.2, -0.15) is 8.78 Å². The number of halogens is 2. The lowest BCUT2D eigenvalue weighted by molar-refractivity contribution is -0.136. The van der Waals surface area contributed by atoms with E-state index in [4.69, 9.17) is 4.74 Å². The molecule has 0 aliphatic rings. The number of carbonyl (C=O) groups excluding carboxylic acids is 1. The van der Waals surface area contributed by atoms with Crippen LogP contribution in [0.5, 0.6) is 5.75 Å². The molecule has 0 saturated carbocycles. The van der Waals surface area contributed by atoms with Gasteiger partial charge in [-0.1, -0.05) is 42.5 Å². The second-order valence-corrected chi connectivity index (χ2v) is 6.09. The summed E-state index contributed by atoms with van der Waals surface area (Å²) >= 11 is 0. The number of rotatable bonds is 8. The molecule has 5 nitrogen and oxygen atoms in total.